The number of hydrogen-bond donors (Lipinski definition) is 1. The fourth-order valence-corrected chi connectivity index (χ4v) is 0.732. The van der Waals surface area contributed by atoms with Gasteiger partial charge in [-0.2, -0.15) is 0 Å². The summed E-state index contributed by atoms with van der Waals surface area (Å²) in [7, 11) is 0. The van der Waals surface area contributed by atoms with Gasteiger partial charge in [0, 0.05) is 11.2 Å². The number of alkyl halides is 1. The highest BCUT2D eigenvalue weighted by atomic mass is 79.9. The first kappa shape index (κ1) is 8.95. The van der Waals surface area contributed by atoms with Crippen molar-refractivity contribution in [3.63, 3.8) is 0 Å². The number of amides is 1. The second-order valence-corrected chi connectivity index (χ2v) is 3.31. The number of rotatable bonds is 4. The van der Waals surface area contributed by atoms with E-state index in [-0.39, 0.29) is 5.91 Å². The first-order valence-electron chi connectivity index (χ1n) is 3.09. The van der Waals surface area contributed by atoms with Gasteiger partial charge in [-0.25, -0.2) is 0 Å². The molecule has 54 valence electrons. The van der Waals surface area contributed by atoms with E-state index in [1.165, 1.54) is 0 Å². The number of primary amides is 1. The van der Waals surface area contributed by atoms with E-state index in [0.29, 0.717) is 11.2 Å². The lowest BCUT2D eigenvalue weighted by molar-refractivity contribution is -0.118. The maximum Gasteiger partial charge on any atom is 0.217 e. The average molecular weight is 194 g/mol. The average Bonchev–Trinajstić information content (AvgIpc) is 1.83. The van der Waals surface area contributed by atoms with E-state index in [2.05, 4.69) is 22.9 Å². The molecule has 0 saturated heterocycles. The van der Waals surface area contributed by atoms with Gasteiger partial charge in [0.1, 0.15) is 0 Å². The predicted molar refractivity (Wildman–Crippen MR) is 41.4 cm³/mol. The van der Waals surface area contributed by atoms with Crippen LogP contribution in [0.2, 0.25) is 0 Å². The standard InChI is InChI=1S/C6H12BrNO/c1-2-5(7)3-4-6(8)9/h5H,2-4H2,1H3,(H2,8,9). The molecule has 0 aromatic heterocycles. The quantitative estimate of drug-likeness (QED) is 0.675. The van der Waals surface area contributed by atoms with E-state index in [4.69, 9.17) is 5.73 Å². The summed E-state index contributed by atoms with van der Waals surface area (Å²) in [5, 5.41) is 0. The van der Waals surface area contributed by atoms with Crippen LogP contribution in [0.4, 0.5) is 0 Å². The summed E-state index contributed by atoms with van der Waals surface area (Å²) in [4.78, 5) is 10.7. The third kappa shape index (κ3) is 5.83. The second kappa shape index (κ2) is 4.79. The summed E-state index contributed by atoms with van der Waals surface area (Å²) >= 11 is 3.40. The van der Waals surface area contributed by atoms with Gasteiger partial charge in [-0.3, -0.25) is 4.79 Å². The SMILES string of the molecule is CCC(Br)CCC(N)=O. The Hall–Kier alpha value is -0.0500. The van der Waals surface area contributed by atoms with Crippen LogP contribution in [0.3, 0.4) is 0 Å². The number of halogens is 1. The van der Waals surface area contributed by atoms with Crippen LogP contribution < -0.4 is 5.73 Å². The summed E-state index contributed by atoms with van der Waals surface area (Å²) in [6.45, 7) is 2.07. The lowest BCUT2D eigenvalue weighted by Crippen LogP contribution is -2.12. The minimum absolute atomic E-state index is 0.215. The van der Waals surface area contributed by atoms with Crippen molar-refractivity contribution in [1.82, 2.24) is 0 Å². The van der Waals surface area contributed by atoms with Crippen LogP contribution in [0.5, 0.6) is 0 Å². The van der Waals surface area contributed by atoms with Crippen LogP contribution >= 0.6 is 15.9 Å². The van der Waals surface area contributed by atoms with E-state index in [0.717, 1.165) is 12.8 Å². The third-order valence-electron chi connectivity index (χ3n) is 1.15. The molecular weight excluding hydrogens is 182 g/mol. The fraction of sp³-hybridized carbons (Fsp3) is 0.833. The number of carbonyl (C=O) groups is 1. The van der Waals surface area contributed by atoms with Crippen LogP contribution in [0.15, 0.2) is 0 Å². The number of nitrogens with two attached hydrogens (primary N) is 1. The predicted octanol–water partition coefficient (Wildman–Crippen LogP) is 1.43. The monoisotopic (exact) mass is 193 g/mol. The van der Waals surface area contributed by atoms with Crippen molar-refractivity contribution in [1.29, 1.82) is 0 Å². The molecule has 0 aliphatic carbocycles. The molecule has 9 heavy (non-hydrogen) atoms. The molecule has 0 rings (SSSR count). The molecule has 1 unspecified atom stereocenters. The van der Waals surface area contributed by atoms with Crippen LogP contribution in [0, 0.1) is 0 Å². The topological polar surface area (TPSA) is 43.1 Å². The van der Waals surface area contributed by atoms with E-state index in [9.17, 15) is 4.79 Å². The van der Waals surface area contributed by atoms with Gasteiger partial charge in [-0.1, -0.05) is 22.9 Å². The number of carbonyl (C=O) groups excluding carboxylic acids is 1. The molecule has 0 heterocycles. The Morgan fingerprint density at radius 1 is 1.78 bits per heavy atom. The van der Waals surface area contributed by atoms with Gasteiger partial charge >= 0.3 is 0 Å². The minimum atomic E-state index is -0.215. The zero-order valence-corrected chi connectivity index (χ0v) is 7.15. The van der Waals surface area contributed by atoms with Crippen LogP contribution in [-0.2, 0) is 4.79 Å². The van der Waals surface area contributed by atoms with Gasteiger partial charge in [0.2, 0.25) is 5.91 Å². The maximum atomic E-state index is 10.2. The Balaban J connectivity index is 3.16. The Kier molecular flexibility index (Phi) is 4.77. The molecule has 0 saturated carbocycles. The molecule has 1 atom stereocenters. The van der Waals surface area contributed by atoms with E-state index >= 15 is 0 Å². The van der Waals surface area contributed by atoms with Crippen molar-refractivity contribution in [3.8, 4) is 0 Å². The highest BCUT2D eigenvalue weighted by Crippen LogP contribution is 2.10. The Bertz CT molecular complexity index is 95.1. The molecule has 0 aromatic rings. The van der Waals surface area contributed by atoms with Crippen molar-refractivity contribution in [2.45, 2.75) is 31.0 Å². The Morgan fingerprint density at radius 2 is 2.33 bits per heavy atom. The lowest BCUT2D eigenvalue weighted by Gasteiger charge is -2.01. The van der Waals surface area contributed by atoms with Crippen molar-refractivity contribution in [2.24, 2.45) is 5.73 Å². The van der Waals surface area contributed by atoms with Crippen molar-refractivity contribution >= 4 is 21.8 Å². The highest BCUT2D eigenvalue weighted by molar-refractivity contribution is 9.09. The highest BCUT2D eigenvalue weighted by Gasteiger charge is 2.01. The molecule has 0 aliphatic heterocycles. The van der Waals surface area contributed by atoms with Gasteiger partial charge < -0.3 is 5.73 Å². The van der Waals surface area contributed by atoms with Crippen LogP contribution in [0.25, 0.3) is 0 Å². The third-order valence-corrected chi connectivity index (χ3v) is 2.25. The molecule has 0 radical (unpaired) electrons. The van der Waals surface area contributed by atoms with Gasteiger partial charge in [0.05, 0.1) is 0 Å². The summed E-state index contributed by atoms with van der Waals surface area (Å²) in [5.41, 5.74) is 4.94. The summed E-state index contributed by atoms with van der Waals surface area (Å²) in [6, 6.07) is 0. The Labute approximate surface area is 63.9 Å². The van der Waals surface area contributed by atoms with Crippen LogP contribution in [-0.4, -0.2) is 10.7 Å². The first-order valence-corrected chi connectivity index (χ1v) is 4.00. The zero-order chi connectivity index (χ0) is 7.28. The van der Waals surface area contributed by atoms with Crippen molar-refractivity contribution in [3.05, 3.63) is 0 Å². The van der Waals surface area contributed by atoms with Crippen molar-refractivity contribution < 1.29 is 4.79 Å². The van der Waals surface area contributed by atoms with E-state index < -0.39 is 0 Å². The van der Waals surface area contributed by atoms with Gasteiger partial charge in [-0.15, -0.1) is 0 Å². The van der Waals surface area contributed by atoms with E-state index in [1.54, 1.807) is 0 Å². The summed E-state index contributed by atoms with van der Waals surface area (Å²) in [5.74, 6) is -0.215. The van der Waals surface area contributed by atoms with Gasteiger partial charge in [0.15, 0.2) is 0 Å². The molecule has 2 N–H and O–H groups in total. The van der Waals surface area contributed by atoms with Crippen molar-refractivity contribution in [2.75, 3.05) is 0 Å². The molecule has 0 spiro atoms. The molecule has 0 aliphatic rings. The molecule has 0 fully saturated rings. The minimum Gasteiger partial charge on any atom is -0.370 e. The van der Waals surface area contributed by atoms with Gasteiger partial charge in [0.25, 0.3) is 0 Å². The normalized spacial score (nSPS) is 13.1. The van der Waals surface area contributed by atoms with E-state index in [1.807, 2.05) is 0 Å². The molecular formula is C6H12BrNO. The maximum absolute atomic E-state index is 10.2. The lowest BCUT2D eigenvalue weighted by atomic mass is 10.2. The molecule has 0 aromatic carbocycles. The molecule has 1 amide bonds. The Morgan fingerprint density at radius 3 is 2.67 bits per heavy atom. The fourth-order valence-electron chi connectivity index (χ4n) is 0.503. The number of hydrogen-bond acceptors (Lipinski definition) is 1. The summed E-state index contributed by atoms with van der Waals surface area (Å²) in [6.07, 6.45) is 2.39. The molecule has 0 bridgehead atoms. The first-order chi connectivity index (χ1) is 4.16. The van der Waals surface area contributed by atoms with Crippen LogP contribution in [0.1, 0.15) is 26.2 Å². The smallest absolute Gasteiger partial charge is 0.217 e. The summed E-state index contributed by atoms with van der Waals surface area (Å²) < 4.78 is 0. The van der Waals surface area contributed by atoms with Gasteiger partial charge in [-0.05, 0) is 12.8 Å². The largest absolute Gasteiger partial charge is 0.370 e. The molecule has 2 nitrogen and oxygen atoms in total. The second-order valence-electron chi connectivity index (χ2n) is 2.01. The molecule has 3 heteroatoms. The zero-order valence-electron chi connectivity index (χ0n) is 5.56.